The minimum Gasteiger partial charge on any atom is -0.477 e. The number of fused-ring (bicyclic) bond motifs is 4. The molecule has 1 atom stereocenters. The highest BCUT2D eigenvalue weighted by Crippen LogP contribution is 2.40. The number of aliphatic carboxylic acids is 1. The van der Waals surface area contributed by atoms with E-state index in [1.807, 2.05) is 0 Å². The Hall–Kier alpha value is -1.79. The van der Waals surface area contributed by atoms with Gasteiger partial charge >= 0.3 is 5.97 Å². The van der Waals surface area contributed by atoms with E-state index >= 15 is 0 Å². The van der Waals surface area contributed by atoms with E-state index in [0.29, 0.717) is 11.1 Å². The molecule has 0 saturated heterocycles. The van der Waals surface area contributed by atoms with E-state index in [-0.39, 0.29) is 23.2 Å². The first kappa shape index (κ1) is 11.3. The summed E-state index contributed by atoms with van der Waals surface area (Å²) in [5.74, 6) is -1.14. The number of benzene rings is 1. The van der Waals surface area contributed by atoms with Gasteiger partial charge in [0.1, 0.15) is 4.91 Å². The highest BCUT2D eigenvalue weighted by atomic mass is 32.2. The van der Waals surface area contributed by atoms with Crippen molar-refractivity contribution in [2.75, 3.05) is 6.79 Å². The summed E-state index contributed by atoms with van der Waals surface area (Å²) in [6.45, 7) is -0.121. The molecular formula is C12H8O5S. The maximum absolute atomic E-state index is 12.2. The van der Waals surface area contributed by atoms with Gasteiger partial charge in [-0.25, -0.2) is 4.79 Å². The van der Waals surface area contributed by atoms with Crippen LogP contribution in [0.4, 0.5) is 0 Å². The number of carbonyl (C=O) groups is 2. The lowest BCUT2D eigenvalue weighted by Gasteiger charge is -2.17. The third-order valence-corrected chi connectivity index (χ3v) is 3.86. The zero-order chi connectivity index (χ0) is 12.7. The molecule has 1 aromatic carbocycles. The smallest absolute Gasteiger partial charge is 0.346 e. The summed E-state index contributed by atoms with van der Waals surface area (Å²) in [5.41, 5.74) is 0.0800. The van der Waals surface area contributed by atoms with E-state index < -0.39 is 11.4 Å². The van der Waals surface area contributed by atoms with Crippen LogP contribution >= 0.6 is 11.8 Å². The van der Waals surface area contributed by atoms with Crippen LogP contribution < -0.4 is 0 Å². The third-order valence-electron chi connectivity index (χ3n) is 2.70. The number of rotatable bonds is 1. The van der Waals surface area contributed by atoms with Crippen molar-refractivity contribution in [2.45, 2.75) is 5.44 Å². The number of ketones is 1. The van der Waals surface area contributed by atoms with Crippen LogP contribution in [0.2, 0.25) is 0 Å². The molecule has 92 valence electrons. The third kappa shape index (κ3) is 1.61. The molecule has 6 heteroatoms. The van der Waals surface area contributed by atoms with Crippen LogP contribution in [0, 0.1) is 0 Å². The largest absolute Gasteiger partial charge is 0.477 e. The second-order valence-corrected chi connectivity index (χ2v) is 4.82. The van der Waals surface area contributed by atoms with Crippen LogP contribution in [-0.2, 0) is 14.3 Å². The van der Waals surface area contributed by atoms with E-state index in [0.717, 1.165) is 11.8 Å². The molecule has 1 N–H and O–H groups in total. The lowest BCUT2D eigenvalue weighted by Crippen LogP contribution is -2.23. The van der Waals surface area contributed by atoms with Gasteiger partial charge in [-0.15, -0.1) is 0 Å². The van der Waals surface area contributed by atoms with Crippen LogP contribution in [0.1, 0.15) is 15.9 Å². The van der Waals surface area contributed by atoms with Gasteiger partial charge in [0.25, 0.3) is 0 Å². The molecule has 0 amide bonds. The number of thioether (sulfide) groups is 1. The molecule has 2 aliphatic heterocycles. The van der Waals surface area contributed by atoms with Gasteiger partial charge in [0, 0.05) is 11.1 Å². The van der Waals surface area contributed by atoms with Gasteiger partial charge in [-0.2, -0.15) is 0 Å². The monoisotopic (exact) mass is 264 g/mol. The van der Waals surface area contributed by atoms with Gasteiger partial charge in [0.2, 0.25) is 5.78 Å². The fraction of sp³-hybridized carbons (Fsp3) is 0.167. The van der Waals surface area contributed by atoms with Crippen LogP contribution in [-0.4, -0.2) is 29.1 Å². The van der Waals surface area contributed by atoms with Crippen molar-refractivity contribution in [1.29, 1.82) is 0 Å². The molecule has 0 fully saturated rings. The van der Waals surface area contributed by atoms with E-state index in [9.17, 15) is 14.7 Å². The van der Waals surface area contributed by atoms with Gasteiger partial charge in [-0.3, -0.25) is 4.79 Å². The molecule has 2 bridgehead atoms. The van der Waals surface area contributed by atoms with E-state index in [4.69, 9.17) is 9.47 Å². The Labute approximate surface area is 106 Å². The van der Waals surface area contributed by atoms with Gasteiger partial charge in [0.05, 0.1) is 0 Å². The Balaban J connectivity index is 2.29. The van der Waals surface area contributed by atoms with E-state index in [1.165, 1.54) is 0 Å². The zero-order valence-electron chi connectivity index (χ0n) is 9.08. The van der Waals surface area contributed by atoms with Gasteiger partial charge in [-0.05, 0) is 0 Å². The Bertz CT molecular complexity index is 578. The van der Waals surface area contributed by atoms with E-state index in [2.05, 4.69) is 0 Å². The average molecular weight is 264 g/mol. The Morgan fingerprint density at radius 2 is 2.06 bits per heavy atom. The number of carbonyl (C=O) groups excluding carboxylic acids is 1. The van der Waals surface area contributed by atoms with Crippen molar-refractivity contribution >= 4 is 29.3 Å². The molecule has 5 nitrogen and oxygen atoms in total. The summed E-state index contributed by atoms with van der Waals surface area (Å²) < 4.78 is 10.5. The fourth-order valence-electron chi connectivity index (χ4n) is 1.91. The van der Waals surface area contributed by atoms with E-state index in [1.54, 1.807) is 24.3 Å². The summed E-state index contributed by atoms with van der Waals surface area (Å²) in [5, 5.41) is 9.20. The molecule has 0 saturated carbocycles. The number of hydrogen-bond donors (Lipinski definition) is 1. The summed E-state index contributed by atoms with van der Waals surface area (Å²) in [6.07, 6.45) is 0. The number of carboxylic acids is 1. The van der Waals surface area contributed by atoms with Crippen molar-refractivity contribution < 1.29 is 24.2 Å². The van der Waals surface area contributed by atoms with Crippen molar-refractivity contribution in [2.24, 2.45) is 0 Å². The predicted molar refractivity (Wildman–Crippen MR) is 63.7 cm³/mol. The Kier molecular flexibility index (Phi) is 2.61. The second-order valence-electron chi connectivity index (χ2n) is 3.75. The molecule has 3 rings (SSSR count). The van der Waals surface area contributed by atoms with Crippen molar-refractivity contribution in [3.05, 3.63) is 40.3 Å². The molecule has 1 unspecified atom stereocenters. The van der Waals surface area contributed by atoms with Crippen molar-refractivity contribution in [3.8, 4) is 0 Å². The lowest BCUT2D eigenvalue weighted by atomic mass is 10.0. The first-order valence-corrected chi connectivity index (χ1v) is 6.08. The predicted octanol–water partition coefficient (Wildman–Crippen LogP) is 1.70. The van der Waals surface area contributed by atoms with Crippen LogP contribution in [0.5, 0.6) is 0 Å². The number of carboxylic acid groups (broad SMARTS) is 1. The number of hydrogen-bond acceptors (Lipinski definition) is 5. The van der Waals surface area contributed by atoms with Gasteiger partial charge in [0.15, 0.2) is 18.0 Å². The van der Waals surface area contributed by atoms with Crippen LogP contribution in [0.25, 0.3) is 5.76 Å². The van der Waals surface area contributed by atoms with Crippen LogP contribution in [0.3, 0.4) is 0 Å². The molecular weight excluding hydrogens is 256 g/mol. The second kappa shape index (κ2) is 4.15. The first-order chi connectivity index (χ1) is 8.68. The molecule has 2 heterocycles. The average Bonchev–Trinajstić information content (AvgIpc) is 2.65. The standard InChI is InChI=1S/C12H8O5S/c13-8-6-3-1-2-4-7(6)9-10(11(14)15)18-12(8)17-5-16-9/h1-4,12H,5H2,(H,14,15). The first-order valence-electron chi connectivity index (χ1n) is 5.20. The minimum atomic E-state index is -1.12. The highest BCUT2D eigenvalue weighted by molar-refractivity contribution is 8.05. The van der Waals surface area contributed by atoms with Crippen molar-refractivity contribution in [1.82, 2.24) is 0 Å². The summed E-state index contributed by atoms with van der Waals surface area (Å²) in [6, 6.07) is 6.79. The zero-order valence-corrected chi connectivity index (χ0v) is 9.90. The molecule has 18 heavy (non-hydrogen) atoms. The lowest BCUT2D eigenvalue weighted by molar-refractivity contribution is -0.131. The van der Waals surface area contributed by atoms with Crippen LogP contribution in [0.15, 0.2) is 29.2 Å². The fourth-order valence-corrected chi connectivity index (χ4v) is 2.86. The SMILES string of the molecule is O=C(O)C1=C2OCOC(S1)C(=O)c1ccccc12. The topological polar surface area (TPSA) is 72.8 Å². The Morgan fingerprint density at radius 3 is 2.78 bits per heavy atom. The molecule has 0 radical (unpaired) electrons. The molecule has 0 aromatic heterocycles. The summed E-state index contributed by atoms with van der Waals surface area (Å²) >= 11 is 0.879. The normalized spacial score (nSPS) is 22.0. The number of Topliss-reactive ketones (excluding diaryl/α,β-unsaturated/α-hetero) is 1. The molecule has 0 spiro atoms. The molecule has 0 aliphatic carbocycles. The van der Waals surface area contributed by atoms with Gasteiger partial charge in [-0.1, -0.05) is 36.0 Å². The minimum absolute atomic E-state index is 0.0100. The quantitative estimate of drug-likeness (QED) is 0.832. The summed E-state index contributed by atoms with van der Waals surface area (Å²) in [4.78, 5) is 23.4. The highest BCUT2D eigenvalue weighted by Gasteiger charge is 2.37. The van der Waals surface area contributed by atoms with Gasteiger partial charge < -0.3 is 14.6 Å². The molecule has 2 aliphatic rings. The maximum atomic E-state index is 12.2. The number of ether oxygens (including phenoxy) is 2. The van der Waals surface area contributed by atoms with Crippen molar-refractivity contribution in [3.63, 3.8) is 0 Å². The summed E-state index contributed by atoms with van der Waals surface area (Å²) in [7, 11) is 0. The molecule has 1 aromatic rings. The maximum Gasteiger partial charge on any atom is 0.346 e. The Morgan fingerprint density at radius 1 is 1.33 bits per heavy atom.